The fourth-order valence-electron chi connectivity index (χ4n) is 2.00. The predicted octanol–water partition coefficient (Wildman–Crippen LogP) is 3.45. The van der Waals surface area contributed by atoms with Crippen LogP contribution < -0.4 is 0 Å². The van der Waals surface area contributed by atoms with Crippen molar-refractivity contribution in [1.82, 2.24) is 4.98 Å². The second kappa shape index (κ2) is 4.24. The molecule has 3 aromatic rings. The van der Waals surface area contributed by atoms with Gasteiger partial charge in [-0.2, -0.15) is 0 Å². The van der Waals surface area contributed by atoms with Crippen LogP contribution in [-0.4, -0.2) is 15.2 Å². The molecular weight excluding hydrogens is 245 g/mol. The molecule has 0 saturated heterocycles. The third kappa shape index (κ3) is 2.08. The molecule has 0 radical (unpaired) electrons. The van der Waals surface area contributed by atoms with Gasteiger partial charge < -0.3 is 10.2 Å². The average Bonchev–Trinajstić information content (AvgIpc) is 2.38. The van der Waals surface area contributed by atoms with Gasteiger partial charge in [-0.1, -0.05) is 0 Å². The van der Waals surface area contributed by atoms with Crippen LogP contribution in [0.4, 0.5) is 4.39 Å². The number of rotatable bonds is 1. The molecule has 0 fully saturated rings. The number of aromatic hydroxyl groups is 2. The van der Waals surface area contributed by atoms with Crippen molar-refractivity contribution in [2.45, 2.75) is 0 Å². The number of phenolic OH excluding ortho intramolecular Hbond substituents is 2. The van der Waals surface area contributed by atoms with Crippen molar-refractivity contribution in [3.05, 3.63) is 54.5 Å². The Bertz CT molecular complexity index is 754. The van der Waals surface area contributed by atoms with Gasteiger partial charge in [0.25, 0.3) is 0 Å². The summed E-state index contributed by atoms with van der Waals surface area (Å²) in [6.45, 7) is 0. The maximum absolute atomic E-state index is 12.9. The first-order chi connectivity index (χ1) is 9.13. The molecule has 3 nitrogen and oxygen atoms in total. The first kappa shape index (κ1) is 11.5. The van der Waals surface area contributed by atoms with E-state index < -0.39 is 0 Å². The number of pyridine rings is 1. The number of fused-ring (bicyclic) bond motifs is 1. The molecular formula is C15H10FNO2. The molecule has 0 aliphatic carbocycles. The van der Waals surface area contributed by atoms with E-state index >= 15 is 0 Å². The Balaban J connectivity index is 2.18. The quantitative estimate of drug-likeness (QED) is 0.700. The highest BCUT2D eigenvalue weighted by molar-refractivity contribution is 5.91. The van der Waals surface area contributed by atoms with Crippen LogP contribution in [0.1, 0.15) is 0 Å². The van der Waals surface area contributed by atoms with Gasteiger partial charge in [0, 0.05) is 23.2 Å². The molecule has 3 rings (SSSR count). The van der Waals surface area contributed by atoms with Crippen molar-refractivity contribution in [2.75, 3.05) is 0 Å². The van der Waals surface area contributed by atoms with E-state index in [1.54, 1.807) is 24.3 Å². The van der Waals surface area contributed by atoms with E-state index in [4.69, 9.17) is 0 Å². The van der Waals surface area contributed by atoms with E-state index in [1.807, 2.05) is 0 Å². The minimum atomic E-state index is -0.306. The number of hydrogen-bond donors (Lipinski definition) is 2. The molecule has 0 unspecified atom stereocenters. The van der Waals surface area contributed by atoms with Crippen molar-refractivity contribution in [1.29, 1.82) is 0 Å². The summed E-state index contributed by atoms with van der Waals surface area (Å²) in [4.78, 5) is 4.23. The first-order valence-electron chi connectivity index (χ1n) is 5.71. The van der Waals surface area contributed by atoms with Gasteiger partial charge in [-0.25, -0.2) is 4.39 Å². The van der Waals surface area contributed by atoms with Crippen LogP contribution in [0.2, 0.25) is 0 Å². The zero-order chi connectivity index (χ0) is 13.4. The van der Waals surface area contributed by atoms with Crippen LogP contribution in [0.25, 0.3) is 22.0 Å². The molecule has 0 bridgehead atoms. The molecule has 19 heavy (non-hydrogen) atoms. The fraction of sp³-hybridized carbons (Fsp3) is 0. The highest BCUT2D eigenvalue weighted by Gasteiger charge is 2.06. The van der Waals surface area contributed by atoms with Gasteiger partial charge in [-0.3, -0.25) is 4.98 Å². The largest absolute Gasteiger partial charge is 0.508 e. The van der Waals surface area contributed by atoms with Gasteiger partial charge in [-0.05, 0) is 41.8 Å². The monoisotopic (exact) mass is 255 g/mol. The number of hydrogen-bond acceptors (Lipinski definition) is 3. The predicted molar refractivity (Wildman–Crippen MR) is 70.5 cm³/mol. The lowest BCUT2D eigenvalue weighted by atomic mass is 10.1. The number of phenols is 2. The van der Waals surface area contributed by atoms with Crippen LogP contribution in [0.5, 0.6) is 11.5 Å². The second-order valence-corrected chi connectivity index (χ2v) is 4.26. The zero-order valence-corrected chi connectivity index (χ0v) is 9.84. The maximum atomic E-state index is 12.9. The first-order valence-corrected chi connectivity index (χ1v) is 5.71. The van der Waals surface area contributed by atoms with Crippen molar-refractivity contribution >= 4 is 10.8 Å². The standard InChI is InChI=1S/C15H10FNO2/c16-11-3-1-9(2-4-11)14-6-10-5-12(18)7-15(19)13(10)8-17-14/h1-8,18-19H. The molecule has 2 aromatic carbocycles. The Hall–Kier alpha value is -2.62. The molecule has 4 heteroatoms. The normalized spacial score (nSPS) is 10.8. The minimum Gasteiger partial charge on any atom is -0.508 e. The summed E-state index contributed by atoms with van der Waals surface area (Å²) < 4.78 is 12.9. The number of benzene rings is 2. The summed E-state index contributed by atoms with van der Waals surface area (Å²) in [5, 5.41) is 20.4. The van der Waals surface area contributed by atoms with E-state index in [0.717, 1.165) is 5.56 Å². The van der Waals surface area contributed by atoms with E-state index in [0.29, 0.717) is 16.5 Å². The molecule has 0 aliphatic heterocycles. The van der Waals surface area contributed by atoms with Gasteiger partial charge in [0.2, 0.25) is 0 Å². The van der Waals surface area contributed by atoms with Gasteiger partial charge in [0.05, 0.1) is 5.69 Å². The van der Waals surface area contributed by atoms with Crippen LogP contribution >= 0.6 is 0 Å². The molecule has 1 aromatic heterocycles. The lowest BCUT2D eigenvalue weighted by Crippen LogP contribution is -1.85. The van der Waals surface area contributed by atoms with Crippen LogP contribution in [0, 0.1) is 5.82 Å². The summed E-state index contributed by atoms with van der Waals surface area (Å²) >= 11 is 0. The second-order valence-electron chi connectivity index (χ2n) is 4.26. The van der Waals surface area contributed by atoms with Gasteiger partial charge in [0.1, 0.15) is 17.3 Å². The van der Waals surface area contributed by atoms with Gasteiger partial charge in [-0.15, -0.1) is 0 Å². The van der Waals surface area contributed by atoms with E-state index in [1.165, 1.54) is 24.4 Å². The van der Waals surface area contributed by atoms with E-state index in [-0.39, 0.29) is 17.3 Å². The molecule has 0 aliphatic rings. The molecule has 0 amide bonds. The van der Waals surface area contributed by atoms with Crippen molar-refractivity contribution in [3.8, 4) is 22.8 Å². The van der Waals surface area contributed by atoms with Crippen molar-refractivity contribution in [2.24, 2.45) is 0 Å². The molecule has 2 N–H and O–H groups in total. The highest BCUT2D eigenvalue weighted by Crippen LogP contribution is 2.31. The van der Waals surface area contributed by atoms with Crippen LogP contribution in [0.15, 0.2) is 48.7 Å². The van der Waals surface area contributed by atoms with Crippen molar-refractivity contribution < 1.29 is 14.6 Å². The summed E-state index contributed by atoms with van der Waals surface area (Å²) in [6, 6.07) is 10.5. The third-order valence-corrected chi connectivity index (χ3v) is 2.94. The highest BCUT2D eigenvalue weighted by atomic mass is 19.1. The molecule has 0 saturated carbocycles. The van der Waals surface area contributed by atoms with Crippen molar-refractivity contribution in [3.63, 3.8) is 0 Å². The Morgan fingerprint density at radius 3 is 2.42 bits per heavy atom. The summed E-state index contributed by atoms with van der Waals surface area (Å²) in [5.74, 6) is -0.339. The molecule has 94 valence electrons. The smallest absolute Gasteiger partial charge is 0.128 e. The fourth-order valence-corrected chi connectivity index (χ4v) is 2.00. The Labute approximate surface area is 108 Å². The Morgan fingerprint density at radius 2 is 1.68 bits per heavy atom. The van der Waals surface area contributed by atoms with Crippen LogP contribution in [0.3, 0.4) is 0 Å². The van der Waals surface area contributed by atoms with Gasteiger partial charge >= 0.3 is 0 Å². The Kier molecular flexibility index (Phi) is 2.56. The summed E-state index contributed by atoms with van der Waals surface area (Å²) in [5.41, 5.74) is 1.42. The van der Waals surface area contributed by atoms with E-state index in [2.05, 4.69) is 4.98 Å². The number of halogens is 1. The SMILES string of the molecule is Oc1cc(O)c2cnc(-c3ccc(F)cc3)cc2c1. The summed E-state index contributed by atoms with van der Waals surface area (Å²) in [6.07, 6.45) is 1.53. The lowest BCUT2D eigenvalue weighted by molar-refractivity contribution is 0.455. The van der Waals surface area contributed by atoms with E-state index in [9.17, 15) is 14.6 Å². The average molecular weight is 255 g/mol. The topological polar surface area (TPSA) is 53.4 Å². The number of aromatic nitrogens is 1. The zero-order valence-electron chi connectivity index (χ0n) is 9.84. The molecule has 0 atom stereocenters. The number of nitrogens with zero attached hydrogens (tertiary/aromatic N) is 1. The third-order valence-electron chi connectivity index (χ3n) is 2.94. The molecule has 1 heterocycles. The minimum absolute atomic E-state index is 0.0127. The van der Waals surface area contributed by atoms with Crippen LogP contribution in [-0.2, 0) is 0 Å². The lowest BCUT2D eigenvalue weighted by Gasteiger charge is -2.05. The summed E-state index contributed by atoms with van der Waals surface area (Å²) in [7, 11) is 0. The molecule has 0 spiro atoms. The maximum Gasteiger partial charge on any atom is 0.128 e. The van der Waals surface area contributed by atoms with Gasteiger partial charge in [0.15, 0.2) is 0 Å². The Morgan fingerprint density at radius 1 is 0.947 bits per heavy atom.